The molecule has 7 heteroatoms. The Morgan fingerprint density at radius 1 is 1.15 bits per heavy atom. The molecule has 2 aromatic carbocycles. The highest BCUT2D eigenvalue weighted by Crippen LogP contribution is 2.36. The monoisotopic (exact) mass is 445 g/mol. The molecule has 1 aliphatic rings. The number of pyridine rings is 1. The Morgan fingerprint density at radius 2 is 1.97 bits per heavy atom. The summed E-state index contributed by atoms with van der Waals surface area (Å²) in [6, 6.07) is 13.1. The van der Waals surface area contributed by atoms with Crippen molar-refractivity contribution < 1.29 is 14.3 Å². The standard InChI is InChI=1S/C26H27N3O4/c1-32-13-12-29-15-21(17-6-3-4-7-19(17)26(29)31)25(30)28-23-9-5-8-18-20-14-16(33-2)10-11-22(20)27-24(18)23/h3-4,6-7,10-11,14-15,23,27H,5,8-9,12-13H2,1-2H3,(H,28,30)/t23-/m1/s1. The first-order valence-electron chi connectivity index (χ1n) is 11.2. The van der Waals surface area contributed by atoms with Crippen molar-refractivity contribution >= 4 is 27.6 Å². The average Bonchev–Trinajstić information content (AvgIpc) is 3.22. The topological polar surface area (TPSA) is 85.3 Å². The van der Waals surface area contributed by atoms with Crippen LogP contribution in [-0.2, 0) is 17.7 Å². The Kier molecular flexibility index (Phi) is 5.64. The van der Waals surface area contributed by atoms with Gasteiger partial charge in [0.05, 0.1) is 25.3 Å². The zero-order chi connectivity index (χ0) is 22.9. The molecule has 2 aromatic heterocycles. The van der Waals surface area contributed by atoms with Crippen molar-refractivity contribution in [1.82, 2.24) is 14.9 Å². The van der Waals surface area contributed by atoms with E-state index in [9.17, 15) is 9.59 Å². The molecule has 170 valence electrons. The molecule has 7 nitrogen and oxygen atoms in total. The van der Waals surface area contributed by atoms with Gasteiger partial charge in [0.1, 0.15) is 5.75 Å². The van der Waals surface area contributed by atoms with E-state index in [1.54, 1.807) is 31.0 Å². The van der Waals surface area contributed by atoms with Gasteiger partial charge in [0.25, 0.3) is 11.5 Å². The van der Waals surface area contributed by atoms with Gasteiger partial charge in [-0.25, -0.2) is 0 Å². The molecule has 0 bridgehead atoms. The minimum atomic E-state index is -0.188. The first-order chi connectivity index (χ1) is 16.1. The molecule has 5 rings (SSSR count). The van der Waals surface area contributed by atoms with Crippen LogP contribution in [0, 0.1) is 0 Å². The van der Waals surface area contributed by atoms with Gasteiger partial charge in [-0.3, -0.25) is 9.59 Å². The van der Waals surface area contributed by atoms with Crippen LogP contribution in [0.2, 0.25) is 0 Å². The quantitative estimate of drug-likeness (QED) is 0.471. The summed E-state index contributed by atoms with van der Waals surface area (Å²) in [7, 11) is 3.26. The molecule has 2 heterocycles. The average molecular weight is 446 g/mol. The van der Waals surface area contributed by atoms with Gasteiger partial charge in [-0.15, -0.1) is 0 Å². The van der Waals surface area contributed by atoms with Crippen molar-refractivity contribution in [2.75, 3.05) is 20.8 Å². The van der Waals surface area contributed by atoms with E-state index in [0.29, 0.717) is 29.5 Å². The number of benzene rings is 2. The smallest absolute Gasteiger partial charge is 0.258 e. The molecule has 0 aliphatic heterocycles. The molecule has 0 radical (unpaired) electrons. The van der Waals surface area contributed by atoms with E-state index >= 15 is 0 Å². The van der Waals surface area contributed by atoms with Gasteiger partial charge in [0, 0.05) is 47.2 Å². The number of aryl methyl sites for hydroxylation is 1. The van der Waals surface area contributed by atoms with Crippen molar-refractivity contribution in [3.63, 3.8) is 0 Å². The van der Waals surface area contributed by atoms with Crippen LogP contribution in [-0.4, -0.2) is 36.3 Å². The number of rotatable bonds is 6. The number of H-pyrrole nitrogens is 1. The highest BCUT2D eigenvalue weighted by molar-refractivity contribution is 6.06. The molecular formula is C26H27N3O4. The van der Waals surface area contributed by atoms with Crippen LogP contribution in [0.1, 0.15) is 40.5 Å². The summed E-state index contributed by atoms with van der Waals surface area (Å²) >= 11 is 0. The number of carbonyl (C=O) groups excluding carboxylic acids is 1. The van der Waals surface area contributed by atoms with Crippen LogP contribution < -0.4 is 15.6 Å². The summed E-state index contributed by atoms with van der Waals surface area (Å²) in [5, 5.41) is 5.56. The molecule has 0 unspecified atom stereocenters. The van der Waals surface area contributed by atoms with Crippen LogP contribution in [0.3, 0.4) is 0 Å². The lowest BCUT2D eigenvalue weighted by atomic mass is 9.91. The highest BCUT2D eigenvalue weighted by Gasteiger charge is 2.27. The minimum absolute atomic E-state index is 0.122. The predicted molar refractivity (Wildman–Crippen MR) is 128 cm³/mol. The van der Waals surface area contributed by atoms with E-state index in [1.165, 1.54) is 5.56 Å². The Labute approximate surface area is 191 Å². The van der Waals surface area contributed by atoms with E-state index in [1.807, 2.05) is 36.4 Å². The Balaban J connectivity index is 1.52. The number of aromatic amines is 1. The van der Waals surface area contributed by atoms with Crippen LogP contribution in [0.4, 0.5) is 0 Å². The fourth-order valence-electron chi connectivity index (χ4n) is 4.83. The number of methoxy groups -OCH3 is 2. The van der Waals surface area contributed by atoms with E-state index in [2.05, 4.69) is 10.3 Å². The van der Waals surface area contributed by atoms with E-state index in [0.717, 1.165) is 41.6 Å². The number of nitrogens with one attached hydrogen (secondary N) is 2. The maximum Gasteiger partial charge on any atom is 0.258 e. The van der Waals surface area contributed by atoms with Crippen molar-refractivity contribution in [3.05, 3.63) is 75.8 Å². The maximum absolute atomic E-state index is 13.5. The van der Waals surface area contributed by atoms with Crippen molar-refractivity contribution in [2.24, 2.45) is 0 Å². The third-order valence-electron chi connectivity index (χ3n) is 6.49. The summed E-state index contributed by atoms with van der Waals surface area (Å²) in [4.78, 5) is 29.9. The summed E-state index contributed by atoms with van der Waals surface area (Å²) < 4.78 is 12.1. The first-order valence-corrected chi connectivity index (χ1v) is 11.2. The first kappa shape index (κ1) is 21.3. The van der Waals surface area contributed by atoms with Gasteiger partial charge < -0.3 is 24.3 Å². The maximum atomic E-state index is 13.5. The Morgan fingerprint density at radius 3 is 2.76 bits per heavy atom. The fourth-order valence-corrected chi connectivity index (χ4v) is 4.83. The zero-order valence-electron chi connectivity index (χ0n) is 18.8. The molecule has 0 spiro atoms. The molecule has 2 N–H and O–H groups in total. The molecular weight excluding hydrogens is 418 g/mol. The molecule has 1 amide bonds. The summed E-state index contributed by atoms with van der Waals surface area (Å²) in [6.07, 6.45) is 4.44. The Hall–Kier alpha value is -3.58. The summed E-state index contributed by atoms with van der Waals surface area (Å²) in [6.45, 7) is 0.779. The lowest BCUT2D eigenvalue weighted by molar-refractivity contribution is 0.0932. The van der Waals surface area contributed by atoms with E-state index < -0.39 is 0 Å². The van der Waals surface area contributed by atoms with Crippen LogP contribution >= 0.6 is 0 Å². The third kappa shape index (κ3) is 3.78. The van der Waals surface area contributed by atoms with Crippen LogP contribution in [0.25, 0.3) is 21.7 Å². The number of nitrogens with zero attached hydrogens (tertiary/aromatic N) is 1. The van der Waals surface area contributed by atoms with Gasteiger partial charge in [0.15, 0.2) is 0 Å². The number of carbonyl (C=O) groups is 1. The van der Waals surface area contributed by atoms with Gasteiger partial charge in [0.2, 0.25) is 0 Å². The largest absolute Gasteiger partial charge is 0.497 e. The number of ether oxygens (including phenoxy) is 2. The molecule has 4 aromatic rings. The van der Waals surface area contributed by atoms with Crippen molar-refractivity contribution in [1.29, 1.82) is 0 Å². The highest BCUT2D eigenvalue weighted by atomic mass is 16.5. The molecule has 1 atom stereocenters. The number of hydrogen-bond donors (Lipinski definition) is 2. The van der Waals surface area contributed by atoms with Crippen molar-refractivity contribution in [2.45, 2.75) is 31.8 Å². The molecule has 33 heavy (non-hydrogen) atoms. The second-order valence-electron chi connectivity index (χ2n) is 8.43. The lowest BCUT2D eigenvalue weighted by Crippen LogP contribution is -2.33. The van der Waals surface area contributed by atoms with Gasteiger partial charge >= 0.3 is 0 Å². The van der Waals surface area contributed by atoms with Crippen molar-refractivity contribution in [3.8, 4) is 5.75 Å². The molecule has 0 fully saturated rings. The molecule has 0 saturated heterocycles. The van der Waals surface area contributed by atoms with Gasteiger partial charge in [-0.1, -0.05) is 18.2 Å². The predicted octanol–water partition coefficient (Wildman–Crippen LogP) is 3.95. The zero-order valence-corrected chi connectivity index (χ0v) is 18.8. The lowest BCUT2D eigenvalue weighted by Gasteiger charge is -2.24. The minimum Gasteiger partial charge on any atom is -0.497 e. The SMILES string of the molecule is COCCn1cc(C(=O)N[C@@H]2CCCc3c2[nH]c2ccc(OC)cc32)c2ccccc2c1=O. The normalized spacial score (nSPS) is 15.5. The van der Waals surface area contributed by atoms with Gasteiger partial charge in [-0.2, -0.15) is 0 Å². The summed E-state index contributed by atoms with van der Waals surface area (Å²) in [5.41, 5.74) is 3.70. The number of fused-ring (bicyclic) bond motifs is 4. The second kappa shape index (κ2) is 8.75. The number of amides is 1. The second-order valence-corrected chi connectivity index (χ2v) is 8.43. The number of aromatic nitrogens is 2. The van der Waals surface area contributed by atoms with Crippen LogP contribution in [0.15, 0.2) is 53.5 Å². The van der Waals surface area contributed by atoms with E-state index in [-0.39, 0.29) is 17.5 Å². The van der Waals surface area contributed by atoms with E-state index in [4.69, 9.17) is 9.47 Å². The number of hydrogen-bond acceptors (Lipinski definition) is 4. The fraction of sp³-hybridized carbons (Fsp3) is 0.308. The summed E-state index contributed by atoms with van der Waals surface area (Å²) in [5.74, 6) is 0.631. The third-order valence-corrected chi connectivity index (χ3v) is 6.49. The van der Waals surface area contributed by atoms with Gasteiger partial charge in [-0.05, 0) is 49.1 Å². The molecule has 0 saturated carbocycles. The van der Waals surface area contributed by atoms with Crippen LogP contribution in [0.5, 0.6) is 5.75 Å². The Bertz CT molecular complexity index is 1400. The molecule has 1 aliphatic carbocycles.